The molecule has 0 aromatic rings. The van der Waals surface area contributed by atoms with Crippen LogP contribution < -0.4 is 10.6 Å². The Kier molecular flexibility index (Phi) is 5.18. The highest BCUT2D eigenvalue weighted by molar-refractivity contribution is 5.67. The Morgan fingerprint density at radius 2 is 2.00 bits per heavy atom. The monoisotopic (exact) mass is 296 g/mol. The van der Waals surface area contributed by atoms with Crippen LogP contribution in [-0.2, 0) is 4.74 Å². The van der Waals surface area contributed by atoms with E-state index in [2.05, 4.69) is 17.6 Å². The van der Waals surface area contributed by atoms with Crippen LogP contribution in [-0.4, -0.2) is 30.8 Å². The molecule has 2 aliphatic rings. The van der Waals surface area contributed by atoms with Crippen LogP contribution in [0.1, 0.15) is 66.2 Å². The number of rotatable bonds is 6. The Balaban J connectivity index is 1.70. The zero-order valence-electron chi connectivity index (χ0n) is 14.1. The van der Waals surface area contributed by atoms with E-state index in [1.54, 1.807) is 0 Å². The van der Waals surface area contributed by atoms with Gasteiger partial charge in [0.05, 0.1) is 0 Å². The highest BCUT2D eigenvalue weighted by atomic mass is 16.6. The average molecular weight is 296 g/mol. The van der Waals surface area contributed by atoms with E-state index in [-0.39, 0.29) is 6.09 Å². The van der Waals surface area contributed by atoms with Gasteiger partial charge in [-0.15, -0.1) is 0 Å². The van der Waals surface area contributed by atoms with Crippen LogP contribution in [0.2, 0.25) is 0 Å². The Hall–Kier alpha value is -0.770. The number of carbonyl (C=O) groups is 1. The number of hydrogen-bond donors (Lipinski definition) is 2. The third-order valence-electron chi connectivity index (χ3n) is 5.01. The minimum absolute atomic E-state index is 0.291. The maximum Gasteiger partial charge on any atom is 0.407 e. The molecule has 4 nitrogen and oxygen atoms in total. The van der Waals surface area contributed by atoms with Crippen molar-refractivity contribution >= 4 is 6.09 Å². The van der Waals surface area contributed by atoms with E-state index < -0.39 is 5.60 Å². The Morgan fingerprint density at radius 1 is 1.29 bits per heavy atom. The van der Waals surface area contributed by atoms with E-state index in [1.165, 1.54) is 38.5 Å². The standard InChI is InChI=1S/C17H32N2O2/c1-5-17(9-10-17)12-19-14-8-6-7-13(14)11-18-15(20)21-16(2,3)4/h13-14,19H,5-12H2,1-4H3,(H,18,20). The molecule has 4 heteroatoms. The van der Waals surface area contributed by atoms with Crippen molar-refractivity contribution < 1.29 is 9.53 Å². The predicted octanol–water partition coefficient (Wildman–Crippen LogP) is 3.46. The van der Waals surface area contributed by atoms with Gasteiger partial charge in [0.1, 0.15) is 5.60 Å². The second kappa shape index (κ2) is 6.55. The molecule has 0 spiro atoms. The second-order valence-electron chi connectivity index (χ2n) is 7.91. The van der Waals surface area contributed by atoms with Gasteiger partial charge in [-0.3, -0.25) is 0 Å². The zero-order valence-corrected chi connectivity index (χ0v) is 14.1. The van der Waals surface area contributed by atoms with Crippen molar-refractivity contribution in [1.82, 2.24) is 10.6 Å². The summed E-state index contributed by atoms with van der Waals surface area (Å²) in [5.41, 5.74) is 0.169. The van der Waals surface area contributed by atoms with Crippen LogP contribution in [0, 0.1) is 11.3 Å². The molecule has 2 N–H and O–H groups in total. The molecule has 0 radical (unpaired) electrons. The Bertz CT molecular complexity index is 358. The van der Waals surface area contributed by atoms with Crippen LogP contribution in [0.15, 0.2) is 0 Å². The minimum Gasteiger partial charge on any atom is -0.444 e. The van der Waals surface area contributed by atoms with Gasteiger partial charge in [0, 0.05) is 19.1 Å². The first kappa shape index (κ1) is 16.6. The van der Waals surface area contributed by atoms with Crippen molar-refractivity contribution in [3.63, 3.8) is 0 Å². The van der Waals surface area contributed by atoms with Gasteiger partial charge in [-0.1, -0.05) is 13.3 Å². The van der Waals surface area contributed by atoms with Crippen molar-refractivity contribution in [2.75, 3.05) is 13.1 Å². The molecule has 0 aromatic carbocycles. The molecular formula is C17H32N2O2. The molecule has 122 valence electrons. The van der Waals surface area contributed by atoms with Gasteiger partial charge < -0.3 is 15.4 Å². The predicted molar refractivity (Wildman–Crippen MR) is 85.3 cm³/mol. The molecule has 0 aromatic heterocycles. The molecule has 2 rings (SSSR count). The summed E-state index contributed by atoms with van der Waals surface area (Å²) in [7, 11) is 0. The number of carbonyl (C=O) groups excluding carboxylic acids is 1. The third kappa shape index (κ3) is 5.17. The summed E-state index contributed by atoms with van der Waals surface area (Å²) in [5, 5.41) is 6.70. The lowest BCUT2D eigenvalue weighted by Gasteiger charge is -2.25. The van der Waals surface area contributed by atoms with E-state index in [0.717, 1.165) is 13.1 Å². The molecule has 0 heterocycles. The Labute approximate surface area is 129 Å². The molecular weight excluding hydrogens is 264 g/mol. The summed E-state index contributed by atoms with van der Waals surface area (Å²) in [6.07, 6.45) is 7.45. The molecule has 2 atom stereocenters. The van der Waals surface area contributed by atoms with Crippen LogP contribution in [0.4, 0.5) is 4.79 Å². The first-order valence-electron chi connectivity index (χ1n) is 8.54. The first-order chi connectivity index (χ1) is 9.84. The van der Waals surface area contributed by atoms with Gasteiger partial charge in [-0.2, -0.15) is 0 Å². The normalized spacial score (nSPS) is 27.4. The number of alkyl carbamates (subject to hydrolysis) is 1. The molecule has 2 aliphatic carbocycles. The lowest BCUT2D eigenvalue weighted by atomic mass is 10.00. The van der Waals surface area contributed by atoms with E-state index in [9.17, 15) is 4.79 Å². The summed E-state index contributed by atoms with van der Waals surface area (Å²) >= 11 is 0. The van der Waals surface area contributed by atoms with Crippen molar-refractivity contribution in [1.29, 1.82) is 0 Å². The first-order valence-corrected chi connectivity index (χ1v) is 8.54. The number of nitrogens with one attached hydrogen (secondary N) is 2. The number of ether oxygens (including phenoxy) is 1. The van der Waals surface area contributed by atoms with E-state index in [1.807, 2.05) is 20.8 Å². The zero-order chi connectivity index (χ0) is 15.5. The SMILES string of the molecule is CCC1(CNC2CCCC2CNC(=O)OC(C)(C)C)CC1. The van der Waals surface area contributed by atoms with Crippen LogP contribution >= 0.6 is 0 Å². The molecule has 0 aliphatic heterocycles. The lowest BCUT2D eigenvalue weighted by Crippen LogP contribution is -2.42. The Morgan fingerprint density at radius 3 is 2.57 bits per heavy atom. The molecule has 1 amide bonds. The van der Waals surface area contributed by atoms with E-state index >= 15 is 0 Å². The maximum absolute atomic E-state index is 11.7. The van der Waals surface area contributed by atoms with Crippen LogP contribution in [0.5, 0.6) is 0 Å². The molecule has 21 heavy (non-hydrogen) atoms. The number of hydrogen-bond acceptors (Lipinski definition) is 3. The molecule has 0 bridgehead atoms. The van der Waals surface area contributed by atoms with Crippen molar-refractivity contribution in [2.24, 2.45) is 11.3 Å². The van der Waals surface area contributed by atoms with Crippen molar-refractivity contribution in [3.8, 4) is 0 Å². The highest BCUT2D eigenvalue weighted by Crippen LogP contribution is 2.48. The fourth-order valence-electron chi connectivity index (χ4n) is 3.26. The minimum atomic E-state index is -0.420. The molecule has 2 unspecified atom stereocenters. The third-order valence-corrected chi connectivity index (χ3v) is 5.01. The van der Waals surface area contributed by atoms with E-state index in [4.69, 9.17) is 4.74 Å². The molecule has 0 saturated heterocycles. The maximum atomic E-state index is 11.7. The topological polar surface area (TPSA) is 50.4 Å². The molecule has 2 saturated carbocycles. The highest BCUT2D eigenvalue weighted by Gasteiger charge is 2.41. The fraction of sp³-hybridized carbons (Fsp3) is 0.941. The lowest BCUT2D eigenvalue weighted by molar-refractivity contribution is 0.0517. The summed E-state index contributed by atoms with van der Waals surface area (Å²) in [6.45, 7) is 9.86. The quantitative estimate of drug-likeness (QED) is 0.789. The van der Waals surface area contributed by atoms with Crippen LogP contribution in [0.3, 0.4) is 0 Å². The summed E-state index contributed by atoms with van der Waals surface area (Å²) in [5.74, 6) is 0.546. The van der Waals surface area contributed by atoms with Gasteiger partial charge in [0.2, 0.25) is 0 Å². The van der Waals surface area contributed by atoms with E-state index in [0.29, 0.717) is 17.4 Å². The number of amides is 1. The summed E-state index contributed by atoms with van der Waals surface area (Å²) in [4.78, 5) is 11.7. The van der Waals surface area contributed by atoms with Crippen molar-refractivity contribution in [3.05, 3.63) is 0 Å². The van der Waals surface area contributed by atoms with Gasteiger partial charge in [0.15, 0.2) is 0 Å². The smallest absolute Gasteiger partial charge is 0.407 e. The average Bonchev–Trinajstić information content (AvgIpc) is 3.03. The fourth-order valence-corrected chi connectivity index (χ4v) is 3.26. The summed E-state index contributed by atoms with van der Waals surface area (Å²) < 4.78 is 5.30. The van der Waals surface area contributed by atoms with Crippen molar-refractivity contribution in [2.45, 2.75) is 77.9 Å². The molecule has 2 fully saturated rings. The second-order valence-corrected chi connectivity index (χ2v) is 7.91. The van der Waals surface area contributed by atoms with Gasteiger partial charge >= 0.3 is 6.09 Å². The largest absolute Gasteiger partial charge is 0.444 e. The van der Waals surface area contributed by atoms with Gasteiger partial charge in [0.25, 0.3) is 0 Å². The van der Waals surface area contributed by atoms with Crippen LogP contribution in [0.25, 0.3) is 0 Å². The summed E-state index contributed by atoms with van der Waals surface area (Å²) in [6, 6.07) is 0.559. The van der Waals surface area contributed by atoms with Gasteiger partial charge in [-0.05, 0) is 64.2 Å². The van der Waals surface area contributed by atoms with Gasteiger partial charge in [-0.25, -0.2) is 4.79 Å².